The molecule has 0 saturated heterocycles. The van der Waals surface area contributed by atoms with Gasteiger partial charge >= 0.3 is 0 Å². The summed E-state index contributed by atoms with van der Waals surface area (Å²) >= 11 is 0. The molecule has 1 aromatic heterocycles. The van der Waals surface area contributed by atoms with Gasteiger partial charge in [-0.05, 0) is 50.7 Å². The predicted octanol–water partition coefficient (Wildman–Crippen LogP) is 4.72. The van der Waals surface area contributed by atoms with Crippen molar-refractivity contribution in [2.75, 3.05) is 18.0 Å². The van der Waals surface area contributed by atoms with Crippen LogP contribution in [-0.2, 0) is 5.41 Å². The lowest BCUT2D eigenvalue weighted by Crippen LogP contribution is -2.33. The summed E-state index contributed by atoms with van der Waals surface area (Å²) in [4.78, 5) is 2.33. The summed E-state index contributed by atoms with van der Waals surface area (Å²) in [6.07, 6.45) is 4.12. The zero-order valence-corrected chi connectivity index (χ0v) is 14.1. The van der Waals surface area contributed by atoms with E-state index in [1.165, 1.54) is 17.5 Å². The van der Waals surface area contributed by atoms with Crippen LogP contribution in [0.3, 0.4) is 0 Å². The molecule has 0 bridgehead atoms. The number of fused-ring (bicyclic) bond motifs is 1. The van der Waals surface area contributed by atoms with Gasteiger partial charge in [-0.15, -0.1) is 0 Å². The fourth-order valence-electron chi connectivity index (χ4n) is 3.87. The van der Waals surface area contributed by atoms with Gasteiger partial charge in [0.25, 0.3) is 0 Å². The Balaban J connectivity index is 2.13. The molecule has 1 aliphatic carbocycles. The molecule has 3 heteroatoms. The van der Waals surface area contributed by atoms with Crippen LogP contribution in [0.4, 0.5) is 5.69 Å². The zero-order chi connectivity index (χ0) is 15.7. The van der Waals surface area contributed by atoms with Crippen LogP contribution in [0.25, 0.3) is 0 Å². The summed E-state index contributed by atoms with van der Waals surface area (Å²) < 4.78 is 5.40. The van der Waals surface area contributed by atoms with E-state index in [0.29, 0.717) is 5.92 Å². The Morgan fingerprint density at radius 1 is 1.27 bits per heavy atom. The average Bonchev–Trinajstić information content (AvgIpc) is 3.03. The first-order chi connectivity index (χ1) is 10.6. The molecule has 0 aliphatic heterocycles. The second kappa shape index (κ2) is 5.79. The van der Waals surface area contributed by atoms with Gasteiger partial charge < -0.3 is 9.42 Å². The molecule has 0 saturated carbocycles. The number of hydrogen-bond acceptors (Lipinski definition) is 3. The van der Waals surface area contributed by atoms with E-state index in [-0.39, 0.29) is 5.41 Å². The van der Waals surface area contributed by atoms with Crippen molar-refractivity contribution in [3.8, 4) is 0 Å². The van der Waals surface area contributed by atoms with Gasteiger partial charge in [0.15, 0.2) is 0 Å². The smallest absolute Gasteiger partial charge is 0.147 e. The van der Waals surface area contributed by atoms with E-state index in [1.807, 2.05) is 6.26 Å². The summed E-state index contributed by atoms with van der Waals surface area (Å²) in [5, 5.41) is 4.44. The van der Waals surface area contributed by atoms with Gasteiger partial charge in [-0.25, -0.2) is 0 Å². The predicted molar refractivity (Wildman–Crippen MR) is 90.6 cm³/mol. The van der Waals surface area contributed by atoms with E-state index in [0.717, 1.165) is 30.9 Å². The van der Waals surface area contributed by atoms with Crippen molar-refractivity contribution in [1.82, 2.24) is 5.16 Å². The topological polar surface area (TPSA) is 29.3 Å². The molecule has 118 valence electrons. The molecule has 22 heavy (non-hydrogen) atoms. The van der Waals surface area contributed by atoms with Crippen molar-refractivity contribution in [2.24, 2.45) is 0 Å². The minimum Gasteiger partial charge on any atom is -0.368 e. The molecule has 1 aromatic carbocycles. The normalized spacial score (nSPS) is 24.1. The van der Waals surface area contributed by atoms with Crippen molar-refractivity contribution in [3.63, 3.8) is 0 Å². The summed E-state index contributed by atoms with van der Waals surface area (Å²) in [5.74, 6) is 0.619. The molecule has 0 N–H and O–H groups in total. The van der Waals surface area contributed by atoms with E-state index in [9.17, 15) is 0 Å². The van der Waals surface area contributed by atoms with Gasteiger partial charge in [-0.1, -0.05) is 36.3 Å². The second-order valence-corrected chi connectivity index (χ2v) is 6.58. The third-order valence-electron chi connectivity index (χ3n) is 5.34. The molecule has 3 rings (SSSR count). The number of rotatable bonds is 4. The fraction of sp³-hybridized carbons (Fsp3) is 0.526. The fourth-order valence-corrected chi connectivity index (χ4v) is 3.87. The number of benzene rings is 1. The first-order valence-electron chi connectivity index (χ1n) is 8.41. The Morgan fingerprint density at radius 2 is 2.00 bits per heavy atom. The lowest BCUT2D eigenvalue weighted by Gasteiger charge is -2.38. The molecule has 2 unspecified atom stereocenters. The lowest BCUT2D eigenvalue weighted by molar-refractivity contribution is 0.367. The van der Waals surface area contributed by atoms with Crippen LogP contribution in [0.1, 0.15) is 63.3 Å². The minimum atomic E-state index is -0.0615. The van der Waals surface area contributed by atoms with Crippen molar-refractivity contribution < 1.29 is 4.52 Å². The molecule has 0 spiro atoms. The summed E-state index contributed by atoms with van der Waals surface area (Å²) in [6, 6.07) is 8.84. The molecule has 3 nitrogen and oxygen atoms in total. The lowest BCUT2D eigenvalue weighted by atomic mass is 9.66. The van der Waals surface area contributed by atoms with E-state index in [2.05, 4.69) is 62.0 Å². The van der Waals surface area contributed by atoms with Crippen LogP contribution in [0, 0.1) is 0 Å². The molecular formula is C19H26N2O. The first-order valence-corrected chi connectivity index (χ1v) is 8.41. The van der Waals surface area contributed by atoms with Gasteiger partial charge in [0.2, 0.25) is 0 Å². The number of hydrogen-bond donors (Lipinski definition) is 0. The van der Waals surface area contributed by atoms with E-state index in [1.54, 1.807) is 0 Å². The quantitative estimate of drug-likeness (QED) is 0.817. The largest absolute Gasteiger partial charge is 0.368 e. The summed E-state index contributed by atoms with van der Waals surface area (Å²) in [6.45, 7) is 11.0. The maximum absolute atomic E-state index is 5.40. The highest BCUT2D eigenvalue weighted by Gasteiger charge is 2.40. The van der Waals surface area contributed by atoms with Gasteiger partial charge in [0.1, 0.15) is 17.6 Å². The average molecular weight is 298 g/mol. The maximum atomic E-state index is 5.40. The van der Waals surface area contributed by atoms with Crippen LogP contribution in [0.2, 0.25) is 0 Å². The molecule has 2 atom stereocenters. The van der Waals surface area contributed by atoms with Crippen molar-refractivity contribution in [3.05, 3.63) is 47.3 Å². The van der Waals surface area contributed by atoms with Crippen LogP contribution in [0.15, 0.2) is 35.1 Å². The minimum absolute atomic E-state index is 0.0615. The van der Waals surface area contributed by atoms with Gasteiger partial charge in [0.05, 0.1) is 0 Å². The van der Waals surface area contributed by atoms with Crippen LogP contribution in [0.5, 0.6) is 0 Å². The Morgan fingerprint density at radius 3 is 2.73 bits per heavy atom. The molecular weight excluding hydrogens is 272 g/mol. The second-order valence-electron chi connectivity index (χ2n) is 6.58. The van der Waals surface area contributed by atoms with Gasteiger partial charge in [-0.3, -0.25) is 0 Å². The number of nitrogens with zero attached hydrogens (tertiary/aromatic N) is 2. The maximum Gasteiger partial charge on any atom is 0.147 e. The highest BCUT2D eigenvalue weighted by atomic mass is 16.5. The van der Waals surface area contributed by atoms with E-state index in [4.69, 9.17) is 4.52 Å². The first kappa shape index (κ1) is 15.1. The highest BCUT2D eigenvalue weighted by molar-refractivity contribution is 5.56. The molecule has 1 heterocycles. The Labute approximate surface area is 133 Å². The molecule has 0 amide bonds. The SMILES string of the molecule is CCN(CC)c1conc1C1(C)CCC(C)c2ccccc21. The summed E-state index contributed by atoms with van der Waals surface area (Å²) in [7, 11) is 0. The van der Waals surface area contributed by atoms with Crippen molar-refractivity contribution in [2.45, 2.75) is 51.9 Å². The number of anilines is 1. The number of aromatic nitrogens is 1. The summed E-state index contributed by atoms with van der Waals surface area (Å²) in [5.41, 5.74) is 5.06. The van der Waals surface area contributed by atoms with Crippen LogP contribution < -0.4 is 4.90 Å². The van der Waals surface area contributed by atoms with Crippen molar-refractivity contribution in [1.29, 1.82) is 0 Å². The standard InChI is InChI=1S/C19H26N2O/c1-5-21(6-2)17-13-22-20-18(17)19(4)12-11-14(3)15-9-7-8-10-16(15)19/h7-10,13-14H,5-6,11-12H2,1-4H3. The monoisotopic (exact) mass is 298 g/mol. The molecule has 0 fully saturated rings. The Bertz CT molecular complexity index is 644. The van der Waals surface area contributed by atoms with Crippen molar-refractivity contribution >= 4 is 5.69 Å². The van der Waals surface area contributed by atoms with E-state index >= 15 is 0 Å². The van der Waals surface area contributed by atoms with E-state index < -0.39 is 0 Å². The third kappa shape index (κ3) is 2.23. The zero-order valence-electron chi connectivity index (χ0n) is 14.1. The van der Waals surface area contributed by atoms with Crippen LogP contribution in [-0.4, -0.2) is 18.2 Å². The van der Waals surface area contributed by atoms with Gasteiger partial charge in [-0.2, -0.15) is 0 Å². The van der Waals surface area contributed by atoms with Crippen LogP contribution >= 0.6 is 0 Å². The Hall–Kier alpha value is -1.77. The molecule has 2 aromatic rings. The molecule has 0 radical (unpaired) electrons. The van der Waals surface area contributed by atoms with Gasteiger partial charge in [0, 0.05) is 18.5 Å². The Kier molecular flexibility index (Phi) is 3.98. The third-order valence-corrected chi connectivity index (χ3v) is 5.34. The molecule has 1 aliphatic rings. The highest BCUT2D eigenvalue weighted by Crippen LogP contribution is 2.48.